The van der Waals surface area contributed by atoms with Gasteiger partial charge < -0.3 is 10.2 Å². The summed E-state index contributed by atoms with van der Waals surface area (Å²) in [5.74, 6) is 0. The molecule has 0 saturated carbocycles. The van der Waals surface area contributed by atoms with Crippen molar-refractivity contribution >= 4 is 0 Å². The van der Waals surface area contributed by atoms with E-state index in [0.29, 0.717) is 0 Å². The molecule has 0 aromatic rings. The summed E-state index contributed by atoms with van der Waals surface area (Å²) in [6.45, 7) is 15.9. The maximum absolute atomic E-state index is 3.85. The highest BCUT2D eigenvalue weighted by molar-refractivity contribution is 4.90. The Labute approximate surface area is 83.0 Å². The number of nitrogens with zero attached hydrogens (tertiary/aromatic N) is 1. The van der Waals surface area contributed by atoms with E-state index in [1.807, 2.05) is 0 Å². The molecule has 0 spiro atoms. The molecule has 2 heteroatoms. The van der Waals surface area contributed by atoms with Crippen LogP contribution in [0.5, 0.6) is 0 Å². The van der Waals surface area contributed by atoms with Gasteiger partial charge in [-0.25, -0.2) is 0 Å². The van der Waals surface area contributed by atoms with Gasteiger partial charge in [0.1, 0.15) is 0 Å². The predicted octanol–water partition coefficient (Wildman–Crippen LogP) is 1.88. The van der Waals surface area contributed by atoms with Gasteiger partial charge in [0.25, 0.3) is 0 Å². The van der Waals surface area contributed by atoms with Gasteiger partial charge >= 0.3 is 0 Å². The number of hydrogen-bond acceptors (Lipinski definition) is 2. The fourth-order valence-corrected chi connectivity index (χ4v) is 1.28. The third kappa shape index (κ3) is 8.00. The van der Waals surface area contributed by atoms with Crippen molar-refractivity contribution in [1.82, 2.24) is 10.2 Å². The Bertz CT molecular complexity index is 132. The summed E-state index contributed by atoms with van der Waals surface area (Å²) < 4.78 is 0. The zero-order chi connectivity index (χ0) is 10.1. The first-order valence-electron chi connectivity index (χ1n) is 5.28. The highest BCUT2D eigenvalue weighted by Crippen LogP contribution is 1.89. The van der Waals surface area contributed by atoms with Crippen LogP contribution in [0.1, 0.15) is 27.2 Å². The fourth-order valence-electron chi connectivity index (χ4n) is 1.28. The largest absolute Gasteiger partial charge is 0.312 e. The van der Waals surface area contributed by atoms with E-state index in [1.165, 1.54) is 18.5 Å². The second-order valence-electron chi connectivity index (χ2n) is 3.57. The van der Waals surface area contributed by atoms with Crippen LogP contribution in [0.25, 0.3) is 0 Å². The molecule has 0 saturated heterocycles. The van der Waals surface area contributed by atoms with Gasteiger partial charge in [-0.1, -0.05) is 26.0 Å². The van der Waals surface area contributed by atoms with E-state index in [9.17, 15) is 0 Å². The van der Waals surface area contributed by atoms with Crippen molar-refractivity contribution in [2.45, 2.75) is 27.2 Å². The minimum absolute atomic E-state index is 0.948. The van der Waals surface area contributed by atoms with Gasteiger partial charge in [0.15, 0.2) is 0 Å². The second kappa shape index (κ2) is 8.27. The van der Waals surface area contributed by atoms with Gasteiger partial charge in [0.05, 0.1) is 0 Å². The van der Waals surface area contributed by atoms with Crippen molar-refractivity contribution in [3.63, 3.8) is 0 Å². The lowest BCUT2D eigenvalue weighted by molar-refractivity contribution is 0.289. The van der Waals surface area contributed by atoms with Crippen molar-refractivity contribution in [2.75, 3.05) is 32.7 Å². The molecule has 1 N–H and O–H groups in total. The lowest BCUT2D eigenvalue weighted by Crippen LogP contribution is -2.33. The van der Waals surface area contributed by atoms with E-state index in [1.54, 1.807) is 0 Å². The summed E-state index contributed by atoms with van der Waals surface area (Å²) in [6.07, 6.45) is 1.24. The normalized spacial score (nSPS) is 10.8. The molecule has 0 aliphatic rings. The molecule has 13 heavy (non-hydrogen) atoms. The number of hydrogen-bond donors (Lipinski definition) is 1. The lowest BCUT2D eigenvalue weighted by atomic mass is 10.3. The molecular weight excluding hydrogens is 160 g/mol. The van der Waals surface area contributed by atoms with E-state index in [0.717, 1.165) is 26.2 Å². The van der Waals surface area contributed by atoms with Gasteiger partial charge in [-0.15, -0.1) is 0 Å². The van der Waals surface area contributed by atoms with Gasteiger partial charge in [-0.2, -0.15) is 0 Å². The van der Waals surface area contributed by atoms with E-state index in [2.05, 4.69) is 37.6 Å². The maximum atomic E-state index is 3.85. The molecule has 0 heterocycles. The van der Waals surface area contributed by atoms with E-state index < -0.39 is 0 Å². The third-order valence-electron chi connectivity index (χ3n) is 2.02. The topological polar surface area (TPSA) is 15.3 Å². The van der Waals surface area contributed by atoms with Crippen molar-refractivity contribution < 1.29 is 0 Å². The van der Waals surface area contributed by atoms with E-state index in [-0.39, 0.29) is 0 Å². The standard InChI is InChI=1S/C11H24N2/c1-5-8-13(6-2)9-7-12-10-11(3)4/h12H,3,5-10H2,1-2,4H3. The minimum Gasteiger partial charge on any atom is -0.312 e. The average molecular weight is 184 g/mol. The summed E-state index contributed by atoms with van der Waals surface area (Å²) in [6, 6.07) is 0. The molecule has 0 radical (unpaired) electrons. The second-order valence-corrected chi connectivity index (χ2v) is 3.57. The monoisotopic (exact) mass is 184 g/mol. The molecule has 0 bridgehead atoms. The summed E-state index contributed by atoms with van der Waals surface area (Å²) in [5.41, 5.74) is 1.21. The summed E-state index contributed by atoms with van der Waals surface area (Å²) in [4.78, 5) is 2.46. The Hall–Kier alpha value is -0.340. The molecule has 0 atom stereocenters. The SMILES string of the molecule is C=C(C)CNCCN(CC)CCC. The first-order chi connectivity index (χ1) is 6.20. The summed E-state index contributed by atoms with van der Waals surface area (Å²) in [7, 11) is 0. The van der Waals surface area contributed by atoms with Crippen molar-refractivity contribution in [3.8, 4) is 0 Å². The summed E-state index contributed by atoms with van der Waals surface area (Å²) >= 11 is 0. The minimum atomic E-state index is 0.948. The lowest BCUT2D eigenvalue weighted by Gasteiger charge is -2.19. The summed E-state index contributed by atoms with van der Waals surface area (Å²) in [5, 5.41) is 3.37. The van der Waals surface area contributed by atoms with Crippen LogP contribution >= 0.6 is 0 Å². The van der Waals surface area contributed by atoms with Crippen LogP contribution in [0.2, 0.25) is 0 Å². The van der Waals surface area contributed by atoms with Gasteiger partial charge in [0, 0.05) is 19.6 Å². The number of likely N-dealkylation sites (N-methyl/N-ethyl adjacent to an activating group) is 1. The maximum Gasteiger partial charge on any atom is 0.0159 e. The van der Waals surface area contributed by atoms with E-state index in [4.69, 9.17) is 0 Å². The van der Waals surface area contributed by atoms with Crippen molar-refractivity contribution in [3.05, 3.63) is 12.2 Å². The third-order valence-corrected chi connectivity index (χ3v) is 2.02. The molecule has 0 aromatic carbocycles. The molecule has 0 amide bonds. The zero-order valence-electron chi connectivity index (χ0n) is 9.40. The predicted molar refractivity (Wildman–Crippen MR) is 60.1 cm³/mol. The molecule has 0 unspecified atom stereocenters. The van der Waals surface area contributed by atoms with Gasteiger partial charge in [-0.05, 0) is 26.4 Å². The van der Waals surface area contributed by atoms with E-state index >= 15 is 0 Å². The molecule has 0 fully saturated rings. The highest BCUT2D eigenvalue weighted by atomic mass is 15.1. The van der Waals surface area contributed by atoms with Crippen LogP contribution in [-0.4, -0.2) is 37.6 Å². The molecule has 0 aliphatic carbocycles. The Morgan fingerprint density at radius 3 is 2.46 bits per heavy atom. The highest BCUT2D eigenvalue weighted by Gasteiger charge is 1.98. The molecule has 2 nitrogen and oxygen atoms in total. The first kappa shape index (κ1) is 12.7. The zero-order valence-corrected chi connectivity index (χ0v) is 9.40. The van der Waals surface area contributed by atoms with Crippen molar-refractivity contribution in [1.29, 1.82) is 0 Å². The molecule has 0 aliphatic heterocycles. The van der Waals surface area contributed by atoms with Crippen LogP contribution < -0.4 is 5.32 Å². The molecule has 0 aromatic heterocycles. The van der Waals surface area contributed by atoms with Gasteiger partial charge in [0.2, 0.25) is 0 Å². The van der Waals surface area contributed by atoms with Gasteiger partial charge in [-0.3, -0.25) is 0 Å². The Balaban J connectivity index is 3.32. The average Bonchev–Trinajstić information content (AvgIpc) is 2.10. The molecule has 0 rings (SSSR count). The Morgan fingerprint density at radius 2 is 2.00 bits per heavy atom. The fraction of sp³-hybridized carbons (Fsp3) is 0.818. The molecule has 78 valence electrons. The first-order valence-corrected chi connectivity index (χ1v) is 5.28. The van der Waals surface area contributed by atoms with Crippen LogP contribution in [0.15, 0.2) is 12.2 Å². The van der Waals surface area contributed by atoms with Crippen LogP contribution in [-0.2, 0) is 0 Å². The van der Waals surface area contributed by atoms with Crippen molar-refractivity contribution in [2.24, 2.45) is 0 Å². The van der Waals surface area contributed by atoms with Crippen LogP contribution in [0.3, 0.4) is 0 Å². The molecular formula is C11H24N2. The van der Waals surface area contributed by atoms with Crippen LogP contribution in [0, 0.1) is 0 Å². The smallest absolute Gasteiger partial charge is 0.0159 e. The number of nitrogens with one attached hydrogen (secondary N) is 1. The Kier molecular flexibility index (Phi) is 8.05. The van der Waals surface area contributed by atoms with Crippen LogP contribution in [0.4, 0.5) is 0 Å². The Morgan fingerprint density at radius 1 is 1.31 bits per heavy atom. The number of rotatable bonds is 8. The quantitative estimate of drug-likeness (QED) is 0.458.